The van der Waals surface area contributed by atoms with E-state index in [0.717, 1.165) is 18.2 Å². The van der Waals surface area contributed by atoms with Crippen LogP contribution in [0.25, 0.3) is 0 Å². The molecule has 2 aliphatic rings. The van der Waals surface area contributed by atoms with Gasteiger partial charge >= 0.3 is 9.23 Å². The number of methoxy groups -OCH3 is 3. The number of esters is 1. The lowest BCUT2D eigenvalue weighted by Crippen LogP contribution is -2.42. The van der Waals surface area contributed by atoms with Crippen molar-refractivity contribution in [3.63, 3.8) is 0 Å². The summed E-state index contributed by atoms with van der Waals surface area (Å²) in [6.45, 7) is 1.81. The zero-order chi connectivity index (χ0) is 34.7. The molecule has 16 heteroatoms. The van der Waals surface area contributed by atoms with Gasteiger partial charge in [-0.2, -0.15) is 8.78 Å². The van der Waals surface area contributed by atoms with Gasteiger partial charge < -0.3 is 29.6 Å². The number of rotatable bonds is 11. The number of benzene rings is 2. The van der Waals surface area contributed by atoms with E-state index in [1.807, 2.05) is 6.92 Å². The lowest BCUT2D eigenvalue weighted by Gasteiger charge is -2.35. The van der Waals surface area contributed by atoms with Gasteiger partial charge in [-0.05, 0) is 69.7 Å². The first-order valence-electron chi connectivity index (χ1n) is 14.7. The Bertz CT molecular complexity index is 1610. The van der Waals surface area contributed by atoms with Crippen LogP contribution in [-0.2, 0) is 28.9 Å². The van der Waals surface area contributed by atoms with Gasteiger partial charge in [0, 0.05) is 47.5 Å². The van der Waals surface area contributed by atoms with E-state index in [1.54, 1.807) is 0 Å². The van der Waals surface area contributed by atoms with Gasteiger partial charge in [-0.3, -0.25) is 14.4 Å². The molecule has 0 radical (unpaired) electrons. The second kappa shape index (κ2) is 14.6. The molecule has 11 nitrogen and oxygen atoms in total. The highest BCUT2D eigenvalue weighted by Crippen LogP contribution is 2.40. The minimum atomic E-state index is -5.00. The Balaban J connectivity index is 1.50. The molecule has 3 atom stereocenters. The summed E-state index contributed by atoms with van der Waals surface area (Å²) in [7, 11) is -0.942. The van der Waals surface area contributed by atoms with Crippen LogP contribution in [0.4, 0.5) is 18.9 Å². The van der Waals surface area contributed by atoms with Gasteiger partial charge in [-0.1, -0.05) is 6.07 Å². The number of carbonyl (C=O) groups excluding carboxylic acids is 3. The van der Waals surface area contributed by atoms with Crippen molar-refractivity contribution < 1.29 is 54.9 Å². The Morgan fingerprint density at radius 1 is 1.00 bits per heavy atom. The number of sulfone groups is 1. The number of hydrogen-bond donors (Lipinski definition) is 2. The van der Waals surface area contributed by atoms with Crippen LogP contribution in [0.1, 0.15) is 55.8 Å². The number of nitrogens with one attached hydrogen (secondary N) is 2. The van der Waals surface area contributed by atoms with Crippen molar-refractivity contribution in [2.45, 2.75) is 71.9 Å². The highest BCUT2D eigenvalue weighted by atomic mass is 127. The monoisotopic (exact) mass is 796 g/mol. The molecule has 4 rings (SSSR count). The van der Waals surface area contributed by atoms with E-state index in [2.05, 4.69) is 10.6 Å². The van der Waals surface area contributed by atoms with Crippen LogP contribution < -0.4 is 20.1 Å². The highest BCUT2D eigenvalue weighted by molar-refractivity contribution is 14.1. The molecule has 0 aromatic heterocycles. The first kappa shape index (κ1) is 36.7. The van der Waals surface area contributed by atoms with Gasteiger partial charge in [0.25, 0.3) is 15.7 Å². The maximum Gasteiger partial charge on any atom is 0.398 e. The summed E-state index contributed by atoms with van der Waals surface area (Å²) in [5.74, 6) is -3.44. The standard InChI is InChI=1S/C31H36F3IN2O9S/c1-30(29(40)45-4)10-8-18(9-11-30)46-26-15-22(25(44-3)16-23(26)32)28(39)37-24-14-19(43-2)13-21(24)27(38)36-17-6-5-7-20(12-17)47(41,42)31(33,34)35/h5-7,12,15-16,18-19,21,24H,8-11,13-14H2,1-4H3,(H,36,38)(H,37,39)/t18?,19-,21+,24-,30?/m0/s1. The number of halogens is 4. The minimum absolute atomic E-state index is 0.0284. The quantitative estimate of drug-likeness (QED) is 0.177. The summed E-state index contributed by atoms with van der Waals surface area (Å²) < 4.78 is 84.4. The van der Waals surface area contributed by atoms with Gasteiger partial charge in [0.1, 0.15) is 5.75 Å². The molecule has 0 heterocycles. The molecule has 0 aliphatic heterocycles. The summed E-state index contributed by atoms with van der Waals surface area (Å²) in [5.41, 5.74) is -0.733. The predicted octanol–water partition coefficient (Wildman–Crippen LogP) is 5.26. The van der Waals surface area contributed by atoms with Crippen LogP contribution in [0.5, 0.6) is 11.5 Å². The number of hydrogen-bond acceptors (Lipinski definition) is 9. The molecule has 0 saturated heterocycles. The Hall–Kier alpha value is -3.12. The minimum Gasteiger partial charge on any atom is -0.496 e. The molecule has 47 heavy (non-hydrogen) atoms. The van der Waals surface area contributed by atoms with Crippen LogP contribution in [0, 0.1) is 17.2 Å². The van der Waals surface area contributed by atoms with Crippen molar-refractivity contribution in [3.8, 4) is 11.5 Å². The molecule has 2 N–H and O–H groups in total. The van der Waals surface area contributed by atoms with Gasteiger partial charge in [0.15, 0.2) is 11.6 Å². The maximum absolute atomic E-state index is 15.1. The third-order valence-corrected chi connectivity index (χ3v) is 12.0. The number of alkyl halides is 3. The van der Waals surface area contributed by atoms with Gasteiger partial charge in [-0.15, -0.1) is 0 Å². The van der Waals surface area contributed by atoms with E-state index >= 15 is 4.39 Å². The van der Waals surface area contributed by atoms with E-state index in [-0.39, 0.29) is 41.6 Å². The first-order valence-corrected chi connectivity index (χ1v) is 17.3. The summed E-state index contributed by atoms with van der Waals surface area (Å²) in [4.78, 5) is 38.4. The van der Waals surface area contributed by atoms with Crippen LogP contribution in [-0.4, -0.2) is 69.0 Å². The molecule has 0 spiro atoms. The van der Waals surface area contributed by atoms with E-state index in [4.69, 9.17) is 18.9 Å². The average Bonchev–Trinajstić information content (AvgIpc) is 3.44. The van der Waals surface area contributed by atoms with Crippen molar-refractivity contribution in [2.75, 3.05) is 26.6 Å². The van der Waals surface area contributed by atoms with Gasteiger partial charge in [0.05, 0.1) is 48.2 Å². The van der Waals surface area contributed by atoms with E-state index in [9.17, 15) is 31.6 Å². The zero-order valence-electron chi connectivity index (χ0n) is 26.1. The van der Waals surface area contributed by atoms with Crippen molar-refractivity contribution in [3.05, 3.63) is 47.8 Å². The molecule has 2 fully saturated rings. The third kappa shape index (κ3) is 8.13. The maximum atomic E-state index is 15.1. The summed E-state index contributed by atoms with van der Waals surface area (Å²) >= 11 is 0.527. The third-order valence-electron chi connectivity index (χ3n) is 8.73. The molecule has 258 valence electrons. The van der Waals surface area contributed by atoms with Crippen LogP contribution in [0.2, 0.25) is 0 Å². The van der Waals surface area contributed by atoms with E-state index in [1.165, 1.54) is 39.5 Å². The lowest BCUT2D eigenvalue weighted by atomic mass is 9.75. The van der Waals surface area contributed by atoms with Crippen molar-refractivity contribution >= 4 is 55.9 Å². The van der Waals surface area contributed by atoms with Crippen molar-refractivity contribution in [1.29, 1.82) is 0 Å². The van der Waals surface area contributed by atoms with Gasteiger partial charge in [0.2, 0.25) is 5.91 Å². The normalized spacial score (nSPS) is 24.7. The highest BCUT2D eigenvalue weighted by Gasteiger charge is 2.44. The van der Waals surface area contributed by atoms with Gasteiger partial charge in [-0.25, -0.2) is 12.8 Å². The molecule has 0 unspecified atom stereocenters. The summed E-state index contributed by atoms with van der Waals surface area (Å²) in [5, 5.41) is 5.36. The van der Waals surface area contributed by atoms with E-state index in [0.29, 0.717) is 48.3 Å². The largest absolute Gasteiger partial charge is 0.496 e. The molecule has 0 bridgehead atoms. The average molecular weight is 797 g/mol. The predicted molar refractivity (Wildman–Crippen MR) is 172 cm³/mol. The molecular formula is C31H36F3IN2O9S. The van der Waals surface area contributed by atoms with Crippen molar-refractivity contribution in [1.82, 2.24) is 5.32 Å². The Morgan fingerprint density at radius 2 is 1.68 bits per heavy atom. The Labute approximate surface area is 284 Å². The summed E-state index contributed by atoms with van der Waals surface area (Å²) in [6, 6.07) is 6.00. The van der Waals surface area contributed by atoms with E-state index < -0.39 is 65.2 Å². The van der Waals surface area contributed by atoms with Crippen molar-refractivity contribution in [2.24, 2.45) is 11.3 Å². The number of ether oxygens (including phenoxy) is 4. The first-order chi connectivity index (χ1) is 22.0. The second-order valence-corrected chi connectivity index (χ2v) is 15.9. The smallest absolute Gasteiger partial charge is 0.398 e. The zero-order valence-corrected chi connectivity index (χ0v) is 29.1. The SMILES string of the molecule is COC(=O)C1(C)CCC(Oc2cc(C(=O)N[C@H]3C[C@@H](OC)C[C@H]3C(=O)Nc3cccc(S(=O)(=O)C(F)(F)I)c3)c(OC)cc2F)CC1. The Kier molecular flexibility index (Phi) is 11.4. The number of amides is 2. The van der Waals surface area contributed by atoms with Crippen LogP contribution in [0.15, 0.2) is 41.3 Å². The fraction of sp³-hybridized carbons (Fsp3) is 0.516. The molecule has 2 saturated carbocycles. The number of carbonyl (C=O) groups is 3. The lowest BCUT2D eigenvalue weighted by molar-refractivity contribution is -0.154. The molecule has 2 aliphatic carbocycles. The fourth-order valence-electron chi connectivity index (χ4n) is 5.94. The molecule has 2 aromatic rings. The second-order valence-electron chi connectivity index (χ2n) is 11.8. The van der Waals surface area contributed by atoms with Crippen LogP contribution >= 0.6 is 22.6 Å². The van der Waals surface area contributed by atoms with Crippen LogP contribution in [0.3, 0.4) is 0 Å². The fourth-order valence-corrected chi connectivity index (χ4v) is 7.51. The molecule has 2 aromatic carbocycles. The molecule has 2 amide bonds. The topological polar surface area (TPSA) is 146 Å². The summed E-state index contributed by atoms with van der Waals surface area (Å²) in [6.07, 6.45) is 1.49. The number of anilines is 1. The molecular weight excluding hydrogens is 760 g/mol. The Morgan fingerprint density at radius 3 is 2.28 bits per heavy atom.